The minimum absolute atomic E-state index is 0.0160. The second-order valence-corrected chi connectivity index (χ2v) is 9.25. The molecule has 0 unspecified atom stereocenters. The van der Waals surface area contributed by atoms with Crippen LogP contribution in [0.2, 0.25) is 0 Å². The Morgan fingerprint density at radius 2 is 1.91 bits per heavy atom. The monoisotopic (exact) mass is 437 g/mol. The van der Waals surface area contributed by atoms with Gasteiger partial charge in [-0.2, -0.15) is 0 Å². The zero-order valence-electron chi connectivity index (χ0n) is 18.7. The molecule has 6 heteroatoms. The number of hydrogen-bond donors (Lipinski definition) is 2. The second kappa shape index (κ2) is 8.94. The fraction of sp³-hybridized carbons (Fsp3) is 0.462. The number of carbonyl (C=O) groups excluding carboxylic acids is 1. The van der Waals surface area contributed by atoms with E-state index in [0.717, 1.165) is 12.0 Å². The number of fused-ring (bicyclic) bond motifs is 1. The van der Waals surface area contributed by atoms with Crippen LogP contribution in [0, 0.1) is 5.92 Å². The van der Waals surface area contributed by atoms with Crippen LogP contribution >= 0.6 is 0 Å². The number of nitrogens with zero attached hydrogens (tertiary/aromatic N) is 1. The van der Waals surface area contributed by atoms with Crippen molar-refractivity contribution < 1.29 is 24.5 Å². The molecule has 3 atom stereocenters. The van der Waals surface area contributed by atoms with Gasteiger partial charge in [-0.25, -0.2) is 4.79 Å². The lowest BCUT2D eigenvalue weighted by molar-refractivity contribution is -0.131. The molecular weight excluding hydrogens is 406 g/mol. The van der Waals surface area contributed by atoms with Crippen molar-refractivity contribution in [3.63, 3.8) is 0 Å². The molecule has 2 fully saturated rings. The van der Waals surface area contributed by atoms with Crippen molar-refractivity contribution in [2.75, 3.05) is 13.6 Å². The number of carboxylic acids is 1. The molecule has 0 amide bonds. The number of likely N-dealkylation sites (tertiary alicyclic amines) is 1. The van der Waals surface area contributed by atoms with E-state index in [4.69, 9.17) is 5.11 Å². The summed E-state index contributed by atoms with van der Waals surface area (Å²) >= 11 is 0. The normalized spacial score (nSPS) is 26.1. The Morgan fingerprint density at radius 1 is 1.12 bits per heavy atom. The number of aromatic hydroxyl groups is 1. The number of carboxylic acid groups (broad SMARTS) is 1. The van der Waals surface area contributed by atoms with Gasteiger partial charge < -0.3 is 19.8 Å². The lowest BCUT2D eigenvalue weighted by Crippen LogP contribution is -2.59. The molecule has 1 saturated carbocycles. The first-order chi connectivity index (χ1) is 15.3. The maximum atomic E-state index is 10.6. The van der Waals surface area contributed by atoms with E-state index in [1.807, 2.05) is 6.07 Å². The van der Waals surface area contributed by atoms with E-state index in [2.05, 4.69) is 28.8 Å². The number of carbonyl (C=O) groups is 2. The molecular formula is C26H31NO5. The summed E-state index contributed by atoms with van der Waals surface area (Å²) in [4.78, 5) is 23.8. The highest BCUT2D eigenvalue weighted by Crippen LogP contribution is 2.55. The van der Waals surface area contributed by atoms with E-state index < -0.39 is 11.9 Å². The Bertz CT molecular complexity index is 1020. The molecule has 1 heterocycles. The van der Waals surface area contributed by atoms with Gasteiger partial charge in [0.05, 0.1) is 0 Å². The highest BCUT2D eigenvalue weighted by Gasteiger charge is 2.52. The van der Waals surface area contributed by atoms with Gasteiger partial charge in [0.1, 0.15) is 17.1 Å². The summed E-state index contributed by atoms with van der Waals surface area (Å²) in [5.41, 5.74) is 3.34. The Kier molecular flexibility index (Phi) is 6.24. The predicted molar refractivity (Wildman–Crippen MR) is 121 cm³/mol. The number of phenolic OH excluding ortho intramolecular Hbond substituents is 1. The van der Waals surface area contributed by atoms with Crippen LogP contribution < -0.4 is 4.74 Å². The van der Waals surface area contributed by atoms with Gasteiger partial charge in [0.2, 0.25) is 0 Å². The zero-order chi connectivity index (χ0) is 22.9. The quantitative estimate of drug-likeness (QED) is 0.535. The van der Waals surface area contributed by atoms with Crippen LogP contribution in [-0.4, -0.2) is 46.7 Å². The molecule has 2 N–H and O–H groups in total. The van der Waals surface area contributed by atoms with Gasteiger partial charge >= 0.3 is 11.9 Å². The molecule has 2 bridgehead atoms. The summed E-state index contributed by atoms with van der Waals surface area (Å²) in [5.74, 6) is -0.308. The highest BCUT2D eigenvalue weighted by atomic mass is 16.5. The fourth-order valence-corrected chi connectivity index (χ4v) is 6.07. The van der Waals surface area contributed by atoms with Crippen LogP contribution in [-0.2, 0) is 16.6 Å². The van der Waals surface area contributed by atoms with Gasteiger partial charge in [-0.1, -0.05) is 31.0 Å². The number of phenols is 1. The van der Waals surface area contributed by atoms with Crippen molar-refractivity contribution in [2.24, 2.45) is 5.92 Å². The number of ether oxygens (including phenoxy) is 1. The molecule has 2 aliphatic carbocycles. The molecule has 0 radical (unpaired) electrons. The van der Waals surface area contributed by atoms with Crippen LogP contribution in [0.3, 0.4) is 0 Å². The Labute approximate surface area is 188 Å². The first-order valence-electron chi connectivity index (χ1n) is 11.3. The predicted octanol–water partition coefficient (Wildman–Crippen LogP) is 4.39. The van der Waals surface area contributed by atoms with Gasteiger partial charge in [0.25, 0.3) is 0 Å². The van der Waals surface area contributed by atoms with Crippen molar-refractivity contribution in [1.82, 2.24) is 4.90 Å². The molecule has 32 heavy (non-hydrogen) atoms. The van der Waals surface area contributed by atoms with Crippen LogP contribution in [0.15, 0.2) is 42.5 Å². The Balaban J connectivity index is 0.000000166. The lowest BCUT2D eigenvalue weighted by Gasteiger charge is -2.58. The maximum absolute atomic E-state index is 10.6. The van der Waals surface area contributed by atoms with E-state index in [1.165, 1.54) is 75.3 Å². The number of piperidine rings is 1. The zero-order valence-corrected chi connectivity index (χ0v) is 18.7. The van der Waals surface area contributed by atoms with Crippen molar-refractivity contribution >= 4 is 11.9 Å². The summed E-state index contributed by atoms with van der Waals surface area (Å²) in [6.07, 6.45) is 7.93. The topological polar surface area (TPSA) is 87.1 Å². The number of hydrogen-bond acceptors (Lipinski definition) is 5. The average molecular weight is 438 g/mol. The van der Waals surface area contributed by atoms with Crippen molar-refractivity contribution in [1.29, 1.82) is 0 Å². The molecule has 5 rings (SSSR count). The smallest absolute Gasteiger partial charge is 0.339 e. The molecule has 2 aromatic carbocycles. The molecule has 0 spiro atoms. The van der Waals surface area contributed by atoms with Crippen molar-refractivity contribution in [2.45, 2.75) is 56.9 Å². The molecule has 3 aliphatic rings. The Hall–Kier alpha value is -2.86. The number of benzene rings is 2. The molecule has 1 saturated heterocycles. The third kappa shape index (κ3) is 4.11. The maximum Gasteiger partial charge on any atom is 0.339 e. The first kappa shape index (κ1) is 22.3. The van der Waals surface area contributed by atoms with Crippen LogP contribution in [0.25, 0.3) is 0 Å². The number of para-hydroxylation sites is 1. The number of rotatable bonds is 2. The average Bonchev–Trinajstić information content (AvgIpc) is 2.77. The van der Waals surface area contributed by atoms with E-state index in [-0.39, 0.29) is 11.3 Å². The van der Waals surface area contributed by atoms with Gasteiger partial charge in [0, 0.05) is 18.4 Å². The second-order valence-electron chi connectivity index (χ2n) is 9.25. The van der Waals surface area contributed by atoms with Gasteiger partial charge in [-0.15, -0.1) is 0 Å². The van der Waals surface area contributed by atoms with Crippen LogP contribution in [0.4, 0.5) is 0 Å². The van der Waals surface area contributed by atoms with E-state index in [1.54, 1.807) is 12.1 Å². The van der Waals surface area contributed by atoms with E-state index in [0.29, 0.717) is 11.2 Å². The van der Waals surface area contributed by atoms with E-state index >= 15 is 0 Å². The fourth-order valence-electron chi connectivity index (χ4n) is 6.07. The van der Waals surface area contributed by atoms with Crippen LogP contribution in [0.5, 0.6) is 11.5 Å². The highest BCUT2D eigenvalue weighted by molar-refractivity contribution is 5.91. The minimum atomic E-state index is -1.11. The molecule has 6 nitrogen and oxygen atoms in total. The van der Waals surface area contributed by atoms with Crippen LogP contribution in [0.1, 0.15) is 60.5 Å². The first-order valence-corrected chi connectivity index (χ1v) is 11.3. The third-order valence-electron chi connectivity index (χ3n) is 7.47. The Morgan fingerprint density at radius 3 is 2.66 bits per heavy atom. The number of aromatic carboxylic acids is 1. The summed E-state index contributed by atoms with van der Waals surface area (Å²) in [5, 5.41) is 18.6. The van der Waals surface area contributed by atoms with Gasteiger partial charge in [0.15, 0.2) is 0 Å². The largest absolute Gasteiger partial charge is 0.508 e. The SMILES string of the molecule is CC(=O)Oc1ccccc1C(=O)O.CN1CC[C@]23CCCC[C@H]2[C@@H]1Cc1ccc(O)cc13. The van der Waals surface area contributed by atoms with Crippen molar-refractivity contribution in [3.05, 3.63) is 59.2 Å². The van der Waals surface area contributed by atoms with Gasteiger partial charge in [-0.05, 0) is 80.6 Å². The molecule has 1 aliphatic heterocycles. The summed E-state index contributed by atoms with van der Waals surface area (Å²) in [6, 6.07) is 12.8. The van der Waals surface area contributed by atoms with Crippen molar-refractivity contribution in [3.8, 4) is 11.5 Å². The lowest BCUT2D eigenvalue weighted by atomic mass is 9.52. The summed E-state index contributed by atoms with van der Waals surface area (Å²) in [6.45, 7) is 2.44. The van der Waals surface area contributed by atoms with E-state index in [9.17, 15) is 14.7 Å². The summed E-state index contributed by atoms with van der Waals surface area (Å²) < 4.78 is 4.69. The minimum Gasteiger partial charge on any atom is -0.508 e. The number of likely N-dealkylation sites (N-methyl/N-ethyl adjacent to an activating group) is 1. The molecule has 170 valence electrons. The third-order valence-corrected chi connectivity index (χ3v) is 7.47. The standard InChI is InChI=1S/C17H23NO.C9H8O4/c1-18-9-8-17-7-3-2-4-14(17)16(18)10-12-5-6-13(19)11-15(12)17;1-6(10)13-8-5-3-2-4-7(8)9(11)12/h5-6,11,14,16,19H,2-4,7-10H2,1H3;2-5H,1H3,(H,11,12)/t14-,16-,17+;/m0./s1. The number of esters is 1. The summed E-state index contributed by atoms with van der Waals surface area (Å²) in [7, 11) is 2.30. The molecule has 2 aromatic rings. The molecule has 0 aromatic heterocycles. The van der Waals surface area contributed by atoms with Gasteiger partial charge in [-0.3, -0.25) is 4.79 Å².